The molecule has 0 saturated heterocycles. The van der Waals surface area contributed by atoms with Crippen LogP contribution in [0.3, 0.4) is 0 Å². The van der Waals surface area contributed by atoms with Crippen molar-refractivity contribution in [1.29, 1.82) is 0 Å². The van der Waals surface area contributed by atoms with Crippen molar-refractivity contribution in [2.45, 2.75) is 44.5 Å². The number of fused-ring (bicyclic) bond motifs is 2. The second-order valence-electron chi connectivity index (χ2n) is 10.5. The van der Waals surface area contributed by atoms with E-state index < -0.39 is 14.8 Å². The van der Waals surface area contributed by atoms with Gasteiger partial charge in [0.2, 0.25) is 5.88 Å². The van der Waals surface area contributed by atoms with Gasteiger partial charge in [0.05, 0.1) is 24.5 Å². The minimum absolute atomic E-state index is 0.389. The van der Waals surface area contributed by atoms with Crippen LogP contribution >= 0.6 is 0 Å². The standard InChI is InChI=1S/C30H31N5O3S/c1-21-9-8-15-30(2,17-21)39(36,37)35-27-13-7-12-23(24(27)18-31-35)28-32-26-14-16-34(19-22-10-5-4-6-11-22)20-25(26)29(33-28)38-3/h4-13,17-18H,14-16,19-20H2,1-3H3. The Morgan fingerprint density at radius 1 is 1.08 bits per heavy atom. The lowest BCUT2D eigenvalue weighted by molar-refractivity contribution is 0.236. The molecule has 2 aliphatic rings. The predicted octanol–water partition coefficient (Wildman–Crippen LogP) is 4.90. The van der Waals surface area contributed by atoms with Crippen LogP contribution in [0, 0.1) is 0 Å². The number of benzene rings is 2. The third-order valence-corrected chi connectivity index (χ3v) is 9.83. The average Bonchev–Trinajstić information content (AvgIpc) is 3.38. The quantitative estimate of drug-likeness (QED) is 0.343. The van der Waals surface area contributed by atoms with Crippen LogP contribution in [0.25, 0.3) is 22.3 Å². The molecule has 2 aromatic carbocycles. The Bertz CT molecular complexity index is 1710. The van der Waals surface area contributed by atoms with Crippen LogP contribution in [0.4, 0.5) is 0 Å². The lowest BCUT2D eigenvalue weighted by atomic mass is 9.98. The Hall–Kier alpha value is -3.82. The molecule has 0 amide bonds. The molecule has 0 spiro atoms. The van der Waals surface area contributed by atoms with Gasteiger partial charge in [-0.1, -0.05) is 66.3 Å². The van der Waals surface area contributed by atoms with Gasteiger partial charge in [-0.2, -0.15) is 14.2 Å². The second-order valence-corrected chi connectivity index (χ2v) is 12.7. The van der Waals surface area contributed by atoms with E-state index in [-0.39, 0.29) is 0 Å². The zero-order chi connectivity index (χ0) is 27.2. The van der Waals surface area contributed by atoms with E-state index in [4.69, 9.17) is 14.7 Å². The summed E-state index contributed by atoms with van der Waals surface area (Å²) < 4.78 is 33.4. The van der Waals surface area contributed by atoms with E-state index in [1.807, 2.05) is 37.3 Å². The van der Waals surface area contributed by atoms with E-state index >= 15 is 0 Å². The minimum atomic E-state index is -3.83. The molecule has 3 heterocycles. The van der Waals surface area contributed by atoms with Gasteiger partial charge >= 0.3 is 0 Å². The summed E-state index contributed by atoms with van der Waals surface area (Å²) in [6.07, 6.45) is 8.40. The molecule has 6 rings (SSSR count). The molecular formula is C30H31N5O3S. The smallest absolute Gasteiger partial charge is 0.263 e. The van der Waals surface area contributed by atoms with Crippen molar-refractivity contribution in [2.75, 3.05) is 13.7 Å². The number of allylic oxidation sites excluding steroid dienone is 3. The molecule has 1 atom stereocenters. The van der Waals surface area contributed by atoms with Crippen LogP contribution in [-0.4, -0.2) is 50.9 Å². The highest BCUT2D eigenvalue weighted by molar-refractivity contribution is 7.91. The number of methoxy groups -OCH3 is 1. The molecule has 4 aromatic rings. The van der Waals surface area contributed by atoms with Gasteiger partial charge in [-0.15, -0.1) is 0 Å². The third kappa shape index (κ3) is 4.45. The lowest BCUT2D eigenvalue weighted by Gasteiger charge is -2.29. The Morgan fingerprint density at radius 2 is 1.90 bits per heavy atom. The van der Waals surface area contributed by atoms with E-state index in [2.05, 4.69) is 34.3 Å². The van der Waals surface area contributed by atoms with Gasteiger partial charge in [-0.05, 0) is 31.9 Å². The van der Waals surface area contributed by atoms with E-state index in [0.29, 0.717) is 35.6 Å². The van der Waals surface area contributed by atoms with Crippen LogP contribution in [0.2, 0.25) is 0 Å². The molecular weight excluding hydrogens is 510 g/mol. The Balaban J connectivity index is 1.37. The summed E-state index contributed by atoms with van der Waals surface area (Å²) in [5, 5.41) is 5.04. The maximum atomic E-state index is 13.8. The number of hydrogen-bond donors (Lipinski definition) is 0. The first kappa shape index (κ1) is 25.5. The van der Waals surface area contributed by atoms with Crippen LogP contribution in [-0.2, 0) is 29.5 Å². The topological polar surface area (TPSA) is 90.2 Å². The van der Waals surface area contributed by atoms with Gasteiger partial charge in [0.15, 0.2) is 5.82 Å². The zero-order valence-corrected chi connectivity index (χ0v) is 23.1. The van der Waals surface area contributed by atoms with Crippen molar-refractivity contribution in [2.24, 2.45) is 0 Å². The van der Waals surface area contributed by atoms with Crippen LogP contribution in [0.1, 0.15) is 37.1 Å². The van der Waals surface area contributed by atoms with Crippen LogP contribution < -0.4 is 4.74 Å². The highest BCUT2D eigenvalue weighted by atomic mass is 32.2. The molecule has 0 radical (unpaired) electrons. The molecule has 0 N–H and O–H groups in total. The third-order valence-electron chi connectivity index (χ3n) is 7.62. The molecule has 1 aliphatic carbocycles. The molecule has 1 aliphatic heterocycles. The largest absolute Gasteiger partial charge is 0.481 e. The molecule has 2 aromatic heterocycles. The Kier molecular flexibility index (Phi) is 6.35. The molecule has 39 heavy (non-hydrogen) atoms. The average molecular weight is 542 g/mol. The van der Waals surface area contributed by atoms with Gasteiger partial charge in [-0.25, -0.2) is 13.4 Å². The van der Waals surface area contributed by atoms with Crippen molar-refractivity contribution in [3.8, 4) is 17.3 Å². The summed E-state index contributed by atoms with van der Waals surface area (Å²) in [4.78, 5) is 12.1. The van der Waals surface area contributed by atoms with Gasteiger partial charge < -0.3 is 4.74 Å². The van der Waals surface area contributed by atoms with Crippen molar-refractivity contribution < 1.29 is 13.2 Å². The minimum Gasteiger partial charge on any atom is -0.481 e. The van der Waals surface area contributed by atoms with Crippen molar-refractivity contribution in [3.63, 3.8) is 0 Å². The van der Waals surface area contributed by atoms with Gasteiger partial charge in [0.1, 0.15) is 4.75 Å². The van der Waals surface area contributed by atoms with Crippen molar-refractivity contribution in [1.82, 2.24) is 24.1 Å². The van der Waals surface area contributed by atoms with E-state index in [0.717, 1.165) is 46.0 Å². The molecule has 0 saturated carbocycles. The fourth-order valence-corrected chi connectivity index (χ4v) is 7.19. The Labute approximate surface area is 228 Å². The first-order chi connectivity index (χ1) is 18.8. The lowest BCUT2D eigenvalue weighted by Crippen LogP contribution is -2.39. The first-order valence-corrected chi connectivity index (χ1v) is 14.5. The molecule has 8 nitrogen and oxygen atoms in total. The fraction of sp³-hybridized carbons (Fsp3) is 0.300. The zero-order valence-electron chi connectivity index (χ0n) is 22.3. The number of ether oxygens (including phenoxy) is 1. The highest BCUT2D eigenvalue weighted by Crippen LogP contribution is 2.35. The van der Waals surface area contributed by atoms with Gasteiger partial charge in [-0.3, -0.25) is 4.90 Å². The van der Waals surface area contributed by atoms with Gasteiger partial charge in [0.25, 0.3) is 10.0 Å². The first-order valence-electron chi connectivity index (χ1n) is 13.1. The van der Waals surface area contributed by atoms with Crippen LogP contribution in [0.15, 0.2) is 78.5 Å². The summed E-state index contributed by atoms with van der Waals surface area (Å²) in [5.74, 6) is 1.05. The summed E-state index contributed by atoms with van der Waals surface area (Å²) in [6.45, 7) is 6.08. The Morgan fingerprint density at radius 3 is 2.67 bits per heavy atom. The van der Waals surface area contributed by atoms with Crippen molar-refractivity contribution >= 4 is 20.9 Å². The normalized spacial score (nSPS) is 19.6. The molecule has 0 bridgehead atoms. The summed E-state index contributed by atoms with van der Waals surface area (Å²) in [5.41, 5.74) is 5.36. The monoisotopic (exact) mass is 541 g/mol. The summed E-state index contributed by atoms with van der Waals surface area (Å²) in [6, 6.07) is 15.9. The molecule has 200 valence electrons. The maximum Gasteiger partial charge on any atom is 0.263 e. The van der Waals surface area contributed by atoms with E-state index in [1.165, 1.54) is 5.56 Å². The van der Waals surface area contributed by atoms with E-state index in [9.17, 15) is 8.42 Å². The summed E-state index contributed by atoms with van der Waals surface area (Å²) >= 11 is 0. The number of aromatic nitrogens is 4. The maximum absolute atomic E-state index is 13.8. The second kappa shape index (κ2) is 9.73. The predicted molar refractivity (Wildman–Crippen MR) is 152 cm³/mol. The number of hydrogen-bond acceptors (Lipinski definition) is 7. The highest BCUT2D eigenvalue weighted by Gasteiger charge is 2.40. The van der Waals surface area contributed by atoms with Gasteiger partial charge in [0, 0.05) is 42.6 Å². The fourth-order valence-electron chi connectivity index (χ4n) is 5.56. The molecule has 1 unspecified atom stereocenters. The van der Waals surface area contributed by atoms with E-state index in [1.54, 1.807) is 32.4 Å². The molecule has 9 heteroatoms. The number of nitrogens with zero attached hydrogens (tertiary/aromatic N) is 5. The molecule has 0 fully saturated rings. The van der Waals surface area contributed by atoms with Crippen molar-refractivity contribution in [3.05, 3.63) is 95.3 Å². The van der Waals surface area contributed by atoms with Crippen LogP contribution in [0.5, 0.6) is 5.88 Å². The SMILES string of the molecule is COc1nc(-c2cccc3c2cnn3S(=O)(=O)C2(C)C=C(C)C=CC2)nc2c1CN(Cc1ccccc1)CC2. The number of rotatable bonds is 6. The summed E-state index contributed by atoms with van der Waals surface area (Å²) in [7, 11) is -2.20.